The van der Waals surface area contributed by atoms with Gasteiger partial charge in [0.1, 0.15) is 6.54 Å². The van der Waals surface area contributed by atoms with Crippen molar-refractivity contribution in [3.8, 4) is 0 Å². The number of hydrogen-bond donors (Lipinski definition) is 2. The number of halogens is 1. The number of aliphatic carboxylic acids is 1. The minimum atomic E-state index is -0.952. The smallest absolute Gasteiger partial charge is 0.323 e. The van der Waals surface area contributed by atoms with Gasteiger partial charge in [-0.15, -0.1) is 0 Å². The van der Waals surface area contributed by atoms with Gasteiger partial charge in [0.2, 0.25) is 17.2 Å². The molecule has 1 aromatic rings. The van der Waals surface area contributed by atoms with E-state index in [1.54, 1.807) is 0 Å². The molecule has 2 N–H and O–H groups in total. The monoisotopic (exact) mass is 273 g/mol. The zero-order valence-electron chi connectivity index (χ0n) is 10.5. The molecule has 0 saturated carbocycles. The predicted octanol–water partition coefficient (Wildman–Crippen LogP) is 1.26. The van der Waals surface area contributed by atoms with Crippen LogP contribution in [0.25, 0.3) is 0 Å². The van der Waals surface area contributed by atoms with Crippen LogP contribution in [0.3, 0.4) is 0 Å². The molecule has 0 aliphatic carbocycles. The van der Waals surface area contributed by atoms with Gasteiger partial charge in [-0.3, -0.25) is 4.79 Å². The van der Waals surface area contributed by atoms with Crippen molar-refractivity contribution in [3.05, 3.63) is 5.28 Å². The van der Waals surface area contributed by atoms with Gasteiger partial charge in [0.25, 0.3) is 0 Å². The van der Waals surface area contributed by atoms with Crippen molar-refractivity contribution in [1.82, 2.24) is 15.0 Å². The van der Waals surface area contributed by atoms with Crippen LogP contribution in [0, 0.1) is 0 Å². The summed E-state index contributed by atoms with van der Waals surface area (Å²) in [7, 11) is 0. The van der Waals surface area contributed by atoms with Crippen molar-refractivity contribution in [2.75, 3.05) is 23.3 Å². The van der Waals surface area contributed by atoms with Gasteiger partial charge in [0.15, 0.2) is 0 Å². The van der Waals surface area contributed by atoms with Gasteiger partial charge in [-0.2, -0.15) is 15.0 Å². The Balaban J connectivity index is 2.99. The summed E-state index contributed by atoms with van der Waals surface area (Å²) >= 11 is 5.79. The molecule has 18 heavy (non-hydrogen) atoms. The van der Waals surface area contributed by atoms with Crippen LogP contribution in [0.5, 0.6) is 0 Å². The summed E-state index contributed by atoms with van der Waals surface area (Å²) in [5.41, 5.74) is 0. The fourth-order valence-corrected chi connectivity index (χ4v) is 1.45. The van der Waals surface area contributed by atoms with Gasteiger partial charge in [0, 0.05) is 12.6 Å². The van der Waals surface area contributed by atoms with Crippen molar-refractivity contribution in [2.45, 2.75) is 26.8 Å². The van der Waals surface area contributed by atoms with Crippen LogP contribution in [-0.4, -0.2) is 45.2 Å². The Kier molecular flexibility index (Phi) is 5.08. The highest BCUT2D eigenvalue weighted by atomic mass is 35.5. The highest BCUT2D eigenvalue weighted by Gasteiger charge is 2.14. The second-order valence-electron chi connectivity index (χ2n) is 3.94. The molecule has 1 heterocycles. The van der Waals surface area contributed by atoms with Crippen LogP contribution >= 0.6 is 11.6 Å². The molecule has 0 saturated heterocycles. The van der Waals surface area contributed by atoms with E-state index in [1.165, 1.54) is 4.90 Å². The molecule has 1 rings (SSSR count). The Labute approximate surface area is 110 Å². The van der Waals surface area contributed by atoms with E-state index in [0.717, 1.165) is 0 Å². The molecular formula is C10H16ClN5O2. The van der Waals surface area contributed by atoms with Gasteiger partial charge < -0.3 is 15.3 Å². The van der Waals surface area contributed by atoms with E-state index in [-0.39, 0.29) is 23.8 Å². The fraction of sp³-hybridized carbons (Fsp3) is 0.600. The second kappa shape index (κ2) is 6.34. The Hall–Kier alpha value is -1.63. The molecule has 0 aliphatic heterocycles. The van der Waals surface area contributed by atoms with E-state index in [2.05, 4.69) is 20.3 Å². The Morgan fingerprint density at radius 2 is 2.11 bits per heavy atom. The summed E-state index contributed by atoms with van der Waals surface area (Å²) in [5, 5.41) is 11.8. The third-order valence-electron chi connectivity index (χ3n) is 2.00. The molecular weight excluding hydrogens is 258 g/mol. The Morgan fingerprint density at radius 3 is 2.61 bits per heavy atom. The molecule has 0 bridgehead atoms. The SMILES string of the molecule is CCN(CC(=O)O)c1nc(Cl)nc(NC(C)C)n1. The molecule has 1 aromatic heterocycles. The largest absolute Gasteiger partial charge is 0.480 e. The standard InChI is InChI=1S/C10H16ClN5O2/c1-4-16(5-7(17)18)10-14-8(11)13-9(15-10)12-6(2)3/h6H,4-5H2,1-3H3,(H,17,18)(H,12,13,14,15). The molecule has 8 heteroatoms. The number of likely N-dealkylation sites (N-methyl/N-ethyl adjacent to an activating group) is 1. The number of carbonyl (C=O) groups is 1. The van der Waals surface area contributed by atoms with Crippen LogP contribution < -0.4 is 10.2 Å². The van der Waals surface area contributed by atoms with E-state index in [0.29, 0.717) is 12.5 Å². The van der Waals surface area contributed by atoms with E-state index in [9.17, 15) is 4.79 Å². The van der Waals surface area contributed by atoms with Crippen LogP contribution in [0.1, 0.15) is 20.8 Å². The van der Waals surface area contributed by atoms with Crippen LogP contribution in [0.2, 0.25) is 5.28 Å². The topological polar surface area (TPSA) is 91.2 Å². The summed E-state index contributed by atoms with van der Waals surface area (Å²) < 4.78 is 0. The lowest BCUT2D eigenvalue weighted by Gasteiger charge is -2.19. The zero-order valence-corrected chi connectivity index (χ0v) is 11.3. The Bertz CT molecular complexity index is 427. The molecule has 0 unspecified atom stereocenters. The first-order chi connectivity index (χ1) is 8.42. The molecule has 0 radical (unpaired) electrons. The summed E-state index contributed by atoms with van der Waals surface area (Å²) in [6.45, 7) is 5.97. The van der Waals surface area contributed by atoms with Crippen LogP contribution in [-0.2, 0) is 4.79 Å². The van der Waals surface area contributed by atoms with Crippen molar-refractivity contribution in [2.24, 2.45) is 0 Å². The maximum absolute atomic E-state index is 10.7. The average molecular weight is 274 g/mol. The molecule has 0 spiro atoms. The number of hydrogen-bond acceptors (Lipinski definition) is 6. The van der Waals surface area contributed by atoms with Gasteiger partial charge in [-0.05, 0) is 32.4 Å². The van der Waals surface area contributed by atoms with Crippen LogP contribution in [0.15, 0.2) is 0 Å². The number of nitrogens with zero attached hydrogens (tertiary/aromatic N) is 4. The van der Waals surface area contributed by atoms with Crippen molar-refractivity contribution >= 4 is 29.5 Å². The molecule has 0 atom stereocenters. The van der Waals surface area contributed by atoms with Crippen molar-refractivity contribution < 1.29 is 9.90 Å². The predicted molar refractivity (Wildman–Crippen MR) is 69.1 cm³/mol. The summed E-state index contributed by atoms with van der Waals surface area (Å²) in [6, 6.07) is 0.144. The van der Waals surface area contributed by atoms with E-state index >= 15 is 0 Å². The number of carboxylic acids is 1. The number of anilines is 2. The summed E-state index contributed by atoms with van der Waals surface area (Å²) in [5.74, 6) is -0.362. The maximum atomic E-state index is 10.7. The fourth-order valence-electron chi connectivity index (χ4n) is 1.29. The molecule has 0 amide bonds. The van der Waals surface area contributed by atoms with Crippen LogP contribution in [0.4, 0.5) is 11.9 Å². The van der Waals surface area contributed by atoms with Crippen molar-refractivity contribution in [1.29, 1.82) is 0 Å². The first kappa shape index (κ1) is 14.4. The lowest BCUT2D eigenvalue weighted by atomic mass is 10.4. The molecule has 100 valence electrons. The molecule has 0 aromatic carbocycles. The zero-order chi connectivity index (χ0) is 13.7. The van der Waals surface area contributed by atoms with E-state index < -0.39 is 5.97 Å². The van der Waals surface area contributed by atoms with E-state index in [1.807, 2.05) is 20.8 Å². The number of rotatable bonds is 6. The van der Waals surface area contributed by atoms with Gasteiger partial charge in [-0.25, -0.2) is 0 Å². The number of carboxylic acid groups (broad SMARTS) is 1. The van der Waals surface area contributed by atoms with Gasteiger partial charge in [0.05, 0.1) is 0 Å². The van der Waals surface area contributed by atoms with Gasteiger partial charge >= 0.3 is 5.97 Å². The highest BCUT2D eigenvalue weighted by molar-refractivity contribution is 6.28. The maximum Gasteiger partial charge on any atom is 0.323 e. The summed E-state index contributed by atoms with van der Waals surface area (Å²) in [4.78, 5) is 24.2. The molecule has 0 fully saturated rings. The lowest BCUT2D eigenvalue weighted by molar-refractivity contribution is -0.135. The third-order valence-corrected chi connectivity index (χ3v) is 2.17. The lowest BCUT2D eigenvalue weighted by Crippen LogP contribution is -2.31. The minimum Gasteiger partial charge on any atom is -0.480 e. The molecule has 0 aliphatic rings. The quantitative estimate of drug-likeness (QED) is 0.806. The molecule has 7 nitrogen and oxygen atoms in total. The normalized spacial score (nSPS) is 10.5. The van der Waals surface area contributed by atoms with E-state index in [4.69, 9.17) is 16.7 Å². The van der Waals surface area contributed by atoms with Crippen molar-refractivity contribution in [3.63, 3.8) is 0 Å². The third kappa shape index (κ3) is 4.33. The average Bonchev–Trinajstić information content (AvgIpc) is 2.23. The number of aromatic nitrogens is 3. The Morgan fingerprint density at radius 1 is 1.44 bits per heavy atom. The first-order valence-corrected chi connectivity index (χ1v) is 5.95. The summed E-state index contributed by atoms with van der Waals surface area (Å²) in [6.07, 6.45) is 0. The number of nitrogens with one attached hydrogen (secondary N) is 1. The first-order valence-electron chi connectivity index (χ1n) is 5.57. The minimum absolute atomic E-state index is 0.0342. The highest BCUT2D eigenvalue weighted by Crippen LogP contribution is 2.14. The van der Waals surface area contributed by atoms with Gasteiger partial charge in [-0.1, -0.05) is 0 Å². The second-order valence-corrected chi connectivity index (χ2v) is 4.27.